The highest BCUT2D eigenvalue weighted by atomic mass is 28.2. The first-order valence-electron chi connectivity index (χ1n) is 6.91. The van der Waals surface area contributed by atoms with Crippen LogP contribution < -0.4 is 4.74 Å². The van der Waals surface area contributed by atoms with E-state index in [2.05, 4.69) is 53.7 Å². The van der Waals surface area contributed by atoms with Crippen molar-refractivity contribution in [1.82, 2.24) is 0 Å². The van der Waals surface area contributed by atoms with Gasteiger partial charge >= 0.3 is 0 Å². The molecule has 108 valence electrons. The van der Waals surface area contributed by atoms with Crippen LogP contribution >= 0.6 is 0 Å². The van der Waals surface area contributed by atoms with E-state index in [1.54, 1.807) is 0 Å². The molecule has 0 aliphatic carbocycles. The maximum atomic E-state index is 5.97. The second-order valence-electron chi connectivity index (χ2n) is 7.10. The summed E-state index contributed by atoms with van der Waals surface area (Å²) in [5, 5.41) is 0. The molecule has 3 heteroatoms. The monoisotopic (exact) mass is 280 g/mol. The summed E-state index contributed by atoms with van der Waals surface area (Å²) in [6, 6.07) is 6.33. The molecular formula is C16H28O2Si. The van der Waals surface area contributed by atoms with Crippen molar-refractivity contribution < 1.29 is 9.16 Å². The average molecular weight is 280 g/mol. The van der Waals surface area contributed by atoms with Crippen LogP contribution in [0.1, 0.15) is 59.6 Å². The van der Waals surface area contributed by atoms with Gasteiger partial charge in [0.1, 0.15) is 5.75 Å². The zero-order chi connectivity index (χ0) is 14.8. The second kappa shape index (κ2) is 5.67. The summed E-state index contributed by atoms with van der Waals surface area (Å²) >= 11 is 0. The van der Waals surface area contributed by atoms with Crippen molar-refractivity contribution in [3.8, 4) is 5.75 Å². The van der Waals surface area contributed by atoms with Gasteiger partial charge < -0.3 is 9.16 Å². The normalized spacial score (nSPS) is 14.5. The van der Waals surface area contributed by atoms with Crippen LogP contribution in [0.3, 0.4) is 0 Å². The van der Waals surface area contributed by atoms with E-state index in [4.69, 9.17) is 9.16 Å². The molecule has 19 heavy (non-hydrogen) atoms. The fraction of sp³-hybridized carbons (Fsp3) is 0.625. The van der Waals surface area contributed by atoms with Crippen molar-refractivity contribution >= 4 is 10.5 Å². The molecule has 0 saturated heterocycles. The minimum atomic E-state index is -0.178. The van der Waals surface area contributed by atoms with Gasteiger partial charge in [0.2, 0.25) is 0 Å². The third-order valence-electron chi connectivity index (χ3n) is 3.21. The highest BCUT2D eigenvalue weighted by molar-refractivity contribution is 5.98. The quantitative estimate of drug-likeness (QED) is 0.625. The molecule has 1 aromatic carbocycles. The molecule has 0 amide bonds. The molecule has 0 aliphatic rings. The van der Waals surface area contributed by atoms with Gasteiger partial charge in [0.15, 0.2) is 16.8 Å². The first-order valence-corrected chi connectivity index (χ1v) is 7.72. The molecule has 0 saturated carbocycles. The van der Waals surface area contributed by atoms with E-state index >= 15 is 0 Å². The van der Waals surface area contributed by atoms with Crippen LogP contribution in [-0.2, 0) is 15.3 Å². The molecule has 0 bridgehead atoms. The molecule has 1 aromatic rings. The van der Waals surface area contributed by atoms with Gasteiger partial charge in [0.25, 0.3) is 0 Å². The maximum absolute atomic E-state index is 5.97. The van der Waals surface area contributed by atoms with Gasteiger partial charge in [0, 0.05) is 5.56 Å². The number of benzene rings is 1. The Morgan fingerprint density at radius 2 is 1.58 bits per heavy atom. The van der Waals surface area contributed by atoms with Crippen LogP contribution in [0.5, 0.6) is 5.75 Å². The molecule has 1 rings (SSSR count). The summed E-state index contributed by atoms with van der Waals surface area (Å²) in [6.45, 7) is 15.4. The summed E-state index contributed by atoms with van der Waals surface area (Å²) in [5.74, 6) is 0.947. The van der Waals surface area contributed by atoms with Gasteiger partial charge in [-0.3, -0.25) is 0 Å². The highest BCUT2D eigenvalue weighted by Gasteiger charge is 2.28. The third-order valence-corrected chi connectivity index (χ3v) is 3.87. The number of ether oxygens (including phenoxy) is 1. The summed E-state index contributed by atoms with van der Waals surface area (Å²) in [4.78, 5) is 0. The van der Waals surface area contributed by atoms with E-state index < -0.39 is 0 Å². The predicted molar refractivity (Wildman–Crippen MR) is 85.0 cm³/mol. The predicted octanol–water partition coefficient (Wildman–Crippen LogP) is 3.30. The molecule has 0 radical (unpaired) electrons. The van der Waals surface area contributed by atoms with E-state index in [1.807, 2.05) is 13.0 Å². The Morgan fingerprint density at radius 3 is 2.00 bits per heavy atom. The summed E-state index contributed by atoms with van der Waals surface area (Å²) < 4.78 is 11.3. The van der Waals surface area contributed by atoms with Gasteiger partial charge in [0.05, 0.1) is 0 Å². The molecule has 0 spiro atoms. The van der Waals surface area contributed by atoms with Crippen LogP contribution in [0.4, 0.5) is 0 Å². The van der Waals surface area contributed by atoms with Crippen LogP contribution in [-0.4, -0.2) is 16.8 Å². The van der Waals surface area contributed by atoms with Gasteiger partial charge in [-0.2, -0.15) is 0 Å². The van der Waals surface area contributed by atoms with Crippen molar-refractivity contribution in [3.63, 3.8) is 0 Å². The van der Waals surface area contributed by atoms with Crippen molar-refractivity contribution in [1.29, 1.82) is 0 Å². The van der Waals surface area contributed by atoms with Gasteiger partial charge in [-0.1, -0.05) is 53.7 Å². The standard InChI is InChI=1S/C16H28O2Si/c1-11(18-19)17-13-10-8-9-12(15(2,3)4)14(13)16(5,6)7/h8-11H,1-7,19H3. The van der Waals surface area contributed by atoms with E-state index in [9.17, 15) is 0 Å². The Kier molecular flexibility index (Phi) is 4.85. The van der Waals surface area contributed by atoms with Crippen LogP contribution in [0.2, 0.25) is 0 Å². The average Bonchev–Trinajstić information content (AvgIpc) is 2.25. The summed E-state index contributed by atoms with van der Waals surface area (Å²) in [5.41, 5.74) is 2.78. The molecule has 0 aliphatic heterocycles. The molecular weight excluding hydrogens is 252 g/mol. The highest BCUT2D eigenvalue weighted by Crippen LogP contribution is 2.40. The third kappa shape index (κ3) is 4.08. The summed E-state index contributed by atoms with van der Waals surface area (Å²) in [6.07, 6.45) is -0.178. The van der Waals surface area contributed by atoms with Crippen molar-refractivity contribution in [2.24, 2.45) is 0 Å². The van der Waals surface area contributed by atoms with E-state index in [1.165, 1.54) is 11.1 Å². The molecule has 0 heterocycles. The Labute approximate surface area is 121 Å². The lowest BCUT2D eigenvalue weighted by molar-refractivity contribution is 0.0279. The lowest BCUT2D eigenvalue weighted by atomic mass is 9.75. The SMILES string of the molecule is CC(O[SiH3])Oc1cccc(C(C)(C)C)c1C(C)(C)C. The lowest BCUT2D eigenvalue weighted by Crippen LogP contribution is -2.25. The second-order valence-corrected chi connectivity index (χ2v) is 7.57. The van der Waals surface area contributed by atoms with Gasteiger partial charge in [-0.25, -0.2) is 0 Å². The van der Waals surface area contributed by atoms with Crippen LogP contribution in [0, 0.1) is 0 Å². The molecule has 0 N–H and O–H groups in total. The topological polar surface area (TPSA) is 18.5 Å². The van der Waals surface area contributed by atoms with Gasteiger partial charge in [-0.15, -0.1) is 0 Å². The molecule has 1 unspecified atom stereocenters. The minimum absolute atomic E-state index is 0.0457. The fourth-order valence-electron chi connectivity index (χ4n) is 2.25. The largest absolute Gasteiger partial charge is 0.466 e. The smallest absolute Gasteiger partial charge is 0.187 e. The Balaban J connectivity index is 3.40. The lowest BCUT2D eigenvalue weighted by Gasteiger charge is -2.32. The number of hydrogen-bond donors (Lipinski definition) is 0. The van der Waals surface area contributed by atoms with Crippen molar-refractivity contribution in [2.75, 3.05) is 0 Å². The Hall–Kier alpha value is -0.803. The van der Waals surface area contributed by atoms with Gasteiger partial charge in [-0.05, 0) is 29.4 Å². The Morgan fingerprint density at radius 1 is 1.00 bits per heavy atom. The van der Waals surface area contributed by atoms with E-state index in [0.717, 1.165) is 5.75 Å². The molecule has 0 aromatic heterocycles. The maximum Gasteiger partial charge on any atom is 0.187 e. The first-order chi connectivity index (χ1) is 8.57. The van der Waals surface area contributed by atoms with Crippen LogP contribution in [0.15, 0.2) is 18.2 Å². The van der Waals surface area contributed by atoms with Crippen LogP contribution in [0.25, 0.3) is 0 Å². The molecule has 1 atom stereocenters. The zero-order valence-corrected chi connectivity index (χ0v) is 15.6. The number of rotatable bonds is 3. The number of hydrogen-bond acceptors (Lipinski definition) is 2. The van der Waals surface area contributed by atoms with E-state index in [0.29, 0.717) is 10.5 Å². The van der Waals surface area contributed by atoms with Crippen molar-refractivity contribution in [3.05, 3.63) is 29.3 Å². The minimum Gasteiger partial charge on any atom is -0.466 e. The molecule has 2 nitrogen and oxygen atoms in total. The zero-order valence-electron chi connectivity index (χ0n) is 13.6. The first kappa shape index (κ1) is 16.3. The summed E-state index contributed by atoms with van der Waals surface area (Å²) in [7, 11) is 0.685. The molecule has 0 fully saturated rings. The van der Waals surface area contributed by atoms with E-state index in [-0.39, 0.29) is 17.1 Å². The van der Waals surface area contributed by atoms with Crippen molar-refractivity contribution in [2.45, 2.75) is 65.6 Å². The Bertz CT molecular complexity index is 427. The fourth-order valence-corrected chi connectivity index (χ4v) is 2.35.